The number of nitrogens with one attached hydrogen (secondary N) is 1. The summed E-state index contributed by atoms with van der Waals surface area (Å²) in [6.45, 7) is 1.90. The van der Waals surface area contributed by atoms with Crippen molar-refractivity contribution in [1.29, 1.82) is 0 Å². The molecule has 5 nitrogen and oxygen atoms in total. The van der Waals surface area contributed by atoms with Gasteiger partial charge in [0.2, 0.25) is 0 Å². The van der Waals surface area contributed by atoms with Gasteiger partial charge in [0.15, 0.2) is 0 Å². The van der Waals surface area contributed by atoms with E-state index in [2.05, 4.69) is 22.1 Å². The van der Waals surface area contributed by atoms with E-state index in [0.29, 0.717) is 11.3 Å². The number of nitrogens with zero attached hydrogens (tertiary/aromatic N) is 1. The summed E-state index contributed by atoms with van der Waals surface area (Å²) in [7, 11) is 0. The van der Waals surface area contributed by atoms with E-state index in [1.807, 2.05) is 0 Å². The highest BCUT2D eigenvalue weighted by Crippen LogP contribution is 2.13. The molecule has 0 fully saturated rings. The van der Waals surface area contributed by atoms with Crippen LogP contribution in [-0.4, -0.2) is 17.4 Å². The smallest absolute Gasteiger partial charge is 0.301 e. The van der Waals surface area contributed by atoms with Crippen LogP contribution in [0.15, 0.2) is 28.9 Å². The number of carbonyl (C=O) groups excluding carboxylic acids is 1. The number of hydrogen-bond acceptors (Lipinski definition) is 4. The van der Waals surface area contributed by atoms with Crippen molar-refractivity contribution >= 4 is 11.9 Å². The molecule has 102 valence electrons. The molecule has 1 aromatic heterocycles. The van der Waals surface area contributed by atoms with Gasteiger partial charge in [-0.15, -0.1) is 0 Å². The third-order valence-corrected chi connectivity index (χ3v) is 2.39. The van der Waals surface area contributed by atoms with Crippen LogP contribution < -0.4 is 11.1 Å². The van der Waals surface area contributed by atoms with Gasteiger partial charge in [0.25, 0.3) is 5.91 Å². The number of anilines is 1. The number of amides is 1. The molecule has 2 rings (SSSR count). The Bertz CT molecular complexity index is 698. The van der Waals surface area contributed by atoms with Crippen molar-refractivity contribution in [3.63, 3.8) is 0 Å². The van der Waals surface area contributed by atoms with Gasteiger partial charge < -0.3 is 10.2 Å². The first-order chi connectivity index (χ1) is 9.60. The molecular formula is C14H12FN3O2. The van der Waals surface area contributed by atoms with E-state index in [4.69, 9.17) is 10.2 Å². The van der Waals surface area contributed by atoms with Crippen molar-refractivity contribution in [2.75, 3.05) is 11.9 Å². The lowest BCUT2D eigenvalue weighted by atomic mass is 10.1. The van der Waals surface area contributed by atoms with Crippen LogP contribution in [0.25, 0.3) is 0 Å². The van der Waals surface area contributed by atoms with Gasteiger partial charge in [-0.25, -0.2) is 4.39 Å². The predicted octanol–water partition coefficient (Wildman–Crippen LogP) is 1.68. The maximum Gasteiger partial charge on any atom is 0.301 e. The molecule has 0 saturated carbocycles. The first-order valence-corrected chi connectivity index (χ1v) is 5.82. The third-order valence-electron chi connectivity index (χ3n) is 2.39. The Hall–Kier alpha value is -2.65. The molecule has 0 spiro atoms. The zero-order valence-corrected chi connectivity index (χ0v) is 10.7. The van der Waals surface area contributed by atoms with Crippen molar-refractivity contribution in [1.82, 2.24) is 4.98 Å². The Morgan fingerprint density at radius 3 is 2.95 bits per heavy atom. The largest absolute Gasteiger partial charge is 0.432 e. The van der Waals surface area contributed by atoms with Crippen LogP contribution >= 0.6 is 0 Å². The van der Waals surface area contributed by atoms with Gasteiger partial charge in [-0.05, 0) is 25.1 Å². The Morgan fingerprint density at radius 2 is 2.35 bits per heavy atom. The number of nitrogens with two attached hydrogens (primary N) is 1. The van der Waals surface area contributed by atoms with Crippen molar-refractivity contribution in [2.45, 2.75) is 6.92 Å². The zero-order valence-electron chi connectivity index (χ0n) is 10.7. The van der Waals surface area contributed by atoms with Crippen LogP contribution in [0.1, 0.15) is 21.6 Å². The molecule has 0 radical (unpaired) electrons. The topological polar surface area (TPSA) is 81.2 Å². The highest BCUT2D eigenvalue weighted by atomic mass is 19.1. The number of halogens is 1. The average molecular weight is 273 g/mol. The number of hydrogen-bond donors (Lipinski definition) is 2. The van der Waals surface area contributed by atoms with Gasteiger partial charge >= 0.3 is 6.01 Å². The minimum Gasteiger partial charge on any atom is -0.432 e. The molecule has 0 bridgehead atoms. The molecule has 1 aromatic carbocycles. The van der Waals surface area contributed by atoms with E-state index in [1.165, 1.54) is 18.4 Å². The van der Waals surface area contributed by atoms with Crippen molar-refractivity contribution in [2.24, 2.45) is 5.73 Å². The maximum absolute atomic E-state index is 13.8. The summed E-state index contributed by atoms with van der Waals surface area (Å²) in [5, 5.41) is 2.37. The van der Waals surface area contributed by atoms with Gasteiger partial charge in [0.05, 0.1) is 17.8 Å². The number of aryl methyl sites for hydroxylation is 1. The highest BCUT2D eigenvalue weighted by Gasteiger charge is 2.14. The SMILES string of the molecule is Cc1coc(NC(=O)c2ccc(C#CCN)cc2F)n1. The first kappa shape index (κ1) is 13.8. The van der Waals surface area contributed by atoms with Crippen LogP contribution in [0.2, 0.25) is 0 Å². The fraction of sp³-hybridized carbons (Fsp3) is 0.143. The Morgan fingerprint density at radius 1 is 1.55 bits per heavy atom. The Kier molecular flexibility index (Phi) is 4.13. The zero-order chi connectivity index (χ0) is 14.5. The molecule has 0 unspecified atom stereocenters. The van der Waals surface area contributed by atoms with Crippen LogP contribution in [0.5, 0.6) is 0 Å². The third kappa shape index (κ3) is 3.22. The first-order valence-electron chi connectivity index (χ1n) is 5.82. The summed E-state index contributed by atoms with van der Waals surface area (Å²) >= 11 is 0. The summed E-state index contributed by atoms with van der Waals surface area (Å²) in [5.41, 5.74) is 6.19. The van der Waals surface area contributed by atoms with E-state index < -0.39 is 11.7 Å². The van der Waals surface area contributed by atoms with Crippen LogP contribution in [0.4, 0.5) is 10.4 Å². The molecular weight excluding hydrogens is 261 g/mol. The minimum atomic E-state index is -0.672. The lowest BCUT2D eigenvalue weighted by Gasteiger charge is -2.03. The van der Waals surface area contributed by atoms with Gasteiger partial charge in [-0.3, -0.25) is 10.1 Å². The molecule has 2 aromatic rings. The summed E-state index contributed by atoms with van der Waals surface area (Å²) in [6.07, 6.45) is 1.39. The van der Waals surface area contributed by atoms with Gasteiger partial charge in [-0.2, -0.15) is 4.98 Å². The Labute approximate surface area is 115 Å². The highest BCUT2D eigenvalue weighted by molar-refractivity contribution is 6.03. The van der Waals surface area contributed by atoms with Gasteiger partial charge in [0.1, 0.15) is 12.1 Å². The molecule has 0 aliphatic rings. The number of benzene rings is 1. The molecule has 1 amide bonds. The number of carbonyl (C=O) groups is 1. The molecule has 20 heavy (non-hydrogen) atoms. The summed E-state index contributed by atoms with van der Waals surface area (Å²) in [6, 6.07) is 4.10. The van der Waals surface area contributed by atoms with Gasteiger partial charge in [0, 0.05) is 5.56 Å². The molecule has 0 aliphatic carbocycles. The fourth-order valence-electron chi connectivity index (χ4n) is 1.51. The van der Waals surface area contributed by atoms with E-state index in [9.17, 15) is 9.18 Å². The number of aromatic nitrogens is 1. The van der Waals surface area contributed by atoms with Crippen LogP contribution in [-0.2, 0) is 0 Å². The van der Waals surface area contributed by atoms with Crippen molar-refractivity contribution < 1.29 is 13.6 Å². The van der Waals surface area contributed by atoms with E-state index >= 15 is 0 Å². The molecule has 3 N–H and O–H groups in total. The van der Waals surface area contributed by atoms with Crippen LogP contribution in [0, 0.1) is 24.6 Å². The molecule has 1 heterocycles. The normalized spacial score (nSPS) is 9.75. The minimum absolute atomic E-state index is 0.0268. The number of rotatable bonds is 2. The average Bonchev–Trinajstić information content (AvgIpc) is 2.81. The molecule has 0 aliphatic heterocycles. The number of oxazole rings is 1. The van der Waals surface area contributed by atoms with Crippen LogP contribution in [0.3, 0.4) is 0 Å². The van der Waals surface area contributed by atoms with E-state index in [-0.39, 0.29) is 18.1 Å². The quantitative estimate of drug-likeness (QED) is 0.816. The molecule has 0 atom stereocenters. The predicted molar refractivity (Wildman–Crippen MR) is 71.5 cm³/mol. The summed E-state index contributed by atoms with van der Waals surface area (Å²) < 4.78 is 18.8. The summed E-state index contributed by atoms with van der Waals surface area (Å²) in [5.74, 6) is 3.99. The van der Waals surface area contributed by atoms with Crippen molar-refractivity contribution in [3.8, 4) is 11.8 Å². The van der Waals surface area contributed by atoms with Crippen molar-refractivity contribution in [3.05, 3.63) is 47.1 Å². The second-order valence-electron chi connectivity index (χ2n) is 3.95. The molecule has 0 saturated heterocycles. The monoisotopic (exact) mass is 273 g/mol. The van der Waals surface area contributed by atoms with E-state index in [0.717, 1.165) is 0 Å². The van der Waals surface area contributed by atoms with E-state index in [1.54, 1.807) is 13.0 Å². The second-order valence-corrected chi connectivity index (χ2v) is 3.95. The molecule has 6 heteroatoms. The fourth-order valence-corrected chi connectivity index (χ4v) is 1.51. The Balaban J connectivity index is 2.18. The second kappa shape index (κ2) is 5.99. The lowest BCUT2D eigenvalue weighted by Crippen LogP contribution is -2.14. The lowest BCUT2D eigenvalue weighted by molar-refractivity contribution is 0.102. The standard InChI is InChI=1S/C14H12FN3O2/c1-9-8-20-14(17-9)18-13(19)11-5-4-10(3-2-6-16)7-12(11)15/h4-5,7-8H,6,16H2,1H3,(H,17,18,19). The maximum atomic E-state index is 13.8. The van der Waals surface area contributed by atoms with Gasteiger partial charge in [-0.1, -0.05) is 11.8 Å². The summed E-state index contributed by atoms with van der Waals surface area (Å²) in [4.78, 5) is 15.8.